The standard InChI is InChI=1S/C18H39N.C14H19NO/c1-2-3-4-5-6-7-8-9-10-11-12-13-14-15-16-17-18-19;1-5-16-11-6-7-13-12(8-11)10(2)9-14(3,4)15-13/h2-19H2,1H3;6-9,15H,5H2,1-4H3. The summed E-state index contributed by atoms with van der Waals surface area (Å²) in [4.78, 5) is 0. The lowest BCUT2D eigenvalue weighted by atomic mass is 9.91. The first kappa shape index (κ1) is 31.5. The van der Waals surface area contributed by atoms with Crippen LogP contribution in [0.1, 0.15) is 143 Å². The Morgan fingerprint density at radius 3 is 1.69 bits per heavy atom. The molecule has 0 saturated carbocycles. The van der Waals surface area contributed by atoms with Crippen molar-refractivity contribution in [2.45, 2.75) is 143 Å². The molecule has 0 amide bonds. The van der Waals surface area contributed by atoms with Crippen LogP contribution in [0.2, 0.25) is 0 Å². The zero-order chi connectivity index (χ0) is 25.8. The lowest BCUT2D eigenvalue weighted by Crippen LogP contribution is -2.31. The maximum absolute atomic E-state index is 5.52. The first-order chi connectivity index (χ1) is 16.9. The average Bonchev–Trinajstić information content (AvgIpc) is 2.82. The summed E-state index contributed by atoms with van der Waals surface area (Å²) in [6.07, 6.45) is 25.1. The van der Waals surface area contributed by atoms with E-state index < -0.39 is 0 Å². The molecule has 3 heteroatoms. The summed E-state index contributed by atoms with van der Waals surface area (Å²) in [5, 5.41) is 3.50. The summed E-state index contributed by atoms with van der Waals surface area (Å²) in [6.45, 7) is 12.4. The summed E-state index contributed by atoms with van der Waals surface area (Å²) in [6, 6.07) is 6.22. The third-order valence-corrected chi connectivity index (χ3v) is 6.82. The van der Waals surface area contributed by atoms with E-state index in [0.29, 0.717) is 6.61 Å². The number of unbranched alkanes of at least 4 members (excludes halogenated alkanes) is 15. The molecule has 1 aliphatic rings. The van der Waals surface area contributed by atoms with E-state index in [-0.39, 0.29) is 5.54 Å². The summed E-state index contributed by atoms with van der Waals surface area (Å²) < 4.78 is 5.52. The smallest absolute Gasteiger partial charge is 0.120 e. The number of anilines is 1. The highest BCUT2D eigenvalue weighted by molar-refractivity contribution is 5.80. The van der Waals surface area contributed by atoms with Crippen LogP contribution in [0, 0.1) is 0 Å². The summed E-state index contributed by atoms with van der Waals surface area (Å²) in [7, 11) is 0. The van der Waals surface area contributed by atoms with Crippen molar-refractivity contribution in [3.05, 3.63) is 29.8 Å². The Bertz CT molecular complexity index is 664. The minimum absolute atomic E-state index is 0.0320. The number of nitrogens with two attached hydrogens (primary N) is 1. The second kappa shape index (κ2) is 19.7. The van der Waals surface area contributed by atoms with Gasteiger partial charge in [0.25, 0.3) is 0 Å². The van der Waals surface area contributed by atoms with Gasteiger partial charge in [0.15, 0.2) is 0 Å². The van der Waals surface area contributed by atoms with E-state index in [2.05, 4.69) is 51.2 Å². The van der Waals surface area contributed by atoms with Crippen molar-refractivity contribution in [3.63, 3.8) is 0 Å². The molecule has 202 valence electrons. The number of hydrogen-bond donors (Lipinski definition) is 2. The molecule has 0 unspecified atom stereocenters. The van der Waals surface area contributed by atoms with Gasteiger partial charge in [0.1, 0.15) is 5.75 Å². The molecule has 35 heavy (non-hydrogen) atoms. The third kappa shape index (κ3) is 15.3. The SMILES string of the molecule is CCCCCCCCCCCCCCCCCCN.CCOc1ccc2c(c1)C(C)=CC(C)(C)N2. The van der Waals surface area contributed by atoms with Crippen LogP contribution >= 0.6 is 0 Å². The fourth-order valence-corrected chi connectivity index (χ4v) is 4.91. The van der Waals surface area contributed by atoms with Gasteiger partial charge in [-0.15, -0.1) is 0 Å². The molecule has 1 aromatic carbocycles. The van der Waals surface area contributed by atoms with E-state index in [1.807, 2.05) is 13.0 Å². The molecule has 1 heterocycles. The van der Waals surface area contributed by atoms with Crippen LogP contribution in [-0.2, 0) is 0 Å². The highest BCUT2D eigenvalue weighted by Crippen LogP contribution is 2.35. The molecular formula is C32H58N2O. The Morgan fingerprint density at radius 1 is 0.743 bits per heavy atom. The molecule has 0 radical (unpaired) electrons. The Balaban J connectivity index is 0.000000353. The highest BCUT2D eigenvalue weighted by Gasteiger charge is 2.22. The molecule has 0 aliphatic carbocycles. The first-order valence-corrected chi connectivity index (χ1v) is 14.9. The van der Waals surface area contributed by atoms with Crippen molar-refractivity contribution < 1.29 is 4.74 Å². The fraction of sp³-hybridized carbons (Fsp3) is 0.750. The van der Waals surface area contributed by atoms with E-state index >= 15 is 0 Å². The Morgan fingerprint density at radius 2 is 1.23 bits per heavy atom. The van der Waals surface area contributed by atoms with Crippen molar-refractivity contribution >= 4 is 11.3 Å². The Hall–Kier alpha value is -1.48. The van der Waals surface area contributed by atoms with Crippen LogP contribution in [0.15, 0.2) is 24.3 Å². The fourth-order valence-electron chi connectivity index (χ4n) is 4.91. The maximum Gasteiger partial charge on any atom is 0.120 e. The molecule has 3 nitrogen and oxygen atoms in total. The van der Waals surface area contributed by atoms with Crippen molar-refractivity contribution in [2.24, 2.45) is 5.73 Å². The van der Waals surface area contributed by atoms with Gasteiger partial charge < -0.3 is 15.8 Å². The summed E-state index contributed by atoms with van der Waals surface area (Å²) in [5.41, 5.74) is 9.25. The first-order valence-electron chi connectivity index (χ1n) is 14.9. The zero-order valence-electron chi connectivity index (χ0n) is 24.0. The number of benzene rings is 1. The van der Waals surface area contributed by atoms with Crippen molar-refractivity contribution in [3.8, 4) is 5.75 Å². The largest absolute Gasteiger partial charge is 0.494 e. The predicted molar refractivity (Wildman–Crippen MR) is 158 cm³/mol. The van der Waals surface area contributed by atoms with E-state index in [9.17, 15) is 0 Å². The summed E-state index contributed by atoms with van der Waals surface area (Å²) >= 11 is 0. The number of nitrogens with one attached hydrogen (secondary N) is 1. The Labute approximate surface area is 218 Å². The van der Waals surface area contributed by atoms with Gasteiger partial charge in [0.2, 0.25) is 0 Å². The number of rotatable bonds is 18. The molecule has 0 saturated heterocycles. The molecular weight excluding hydrogens is 428 g/mol. The van der Waals surface area contributed by atoms with E-state index in [1.54, 1.807) is 0 Å². The van der Waals surface area contributed by atoms with Gasteiger partial charge in [-0.05, 0) is 64.4 Å². The van der Waals surface area contributed by atoms with Gasteiger partial charge >= 0.3 is 0 Å². The third-order valence-electron chi connectivity index (χ3n) is 6.82. The molecule has 2 rings (SSSR count). The van der Waals surface area contributed by atoms with E-state index in [0.717, 1.165) is 12.3 Å². The van der Waals surface area contributed by atoms with Crippen LogP contribution in [0.4, 0.5) is 5.69 Å². The van der Waals surface area contributed by atoms with Crippen molar-refractivity contribution in [2.75, 3.05) is 18.5 Å². The Kier molecular flexibility index (Phi) is 17.7. The molecule has 0 aromatic heterocycles. The number of fused-ring (bicyclic) bond motifs is 1. The van der Waals surface area contributed by atoms with Crippen LogP contribution in [0.25, 0.3) is 5.57 Å². The van der Waals surface area contributed by atoms with Gasteiger partial charge in [-0.1, -0.05) is 109 Å². The molecule has 1 aromatic rings. The molecule has 0 atom stereocenters. The maximum atomic E-state index is 5.52. The lowest BCUT2D eigenvalue weighted by molar-refractivity contribution is 0.340. The monoisotopic (exact) mass is 486 g/mol. The van der Waals surface area contributed by atoms with Crippen molar-refractivity contribution in [1.29, 1.82) is 0 Å². The number of allylic oxidation sites excluding steroid dienone is 1. The lowest BCUT2D eigenvalue weighted by Gasteiger charge is -2.31. The average molecular weight is 487 g/mol. The molecule has 0 spiro atoms. The second-order valence-corrected chi connectivity index (χ2v) is 10.9. The summed E-state index contributed by atoms with van der Waals surface area (Å²) in [5.74, 6) is 0.940. The molecule has 0 bridgehead atoms. The van der Waals surface area contributed by atoms with Gasteiger partial charge in [-0.25, -0.2) is 0 Å². The van der Waals surface area contributed by atoms with Gasteiger partial charge in [0, 0.05) is 11.3 Å². The van der Waals surface area contributed by atoms with Crippen LogP contribution in [0.5, 0.6) is 5.75 Å². The van der Waals surface area contributed by atoms with Gasteiger partial charge in [0.05, 0.1) is 12.1 Å². The normalized spacial score (nSPS) is 13.8. The second-order valence-electron chi connectivity index (χ2n) is 10.9. The molecule has 3 N–H and O–H groups in total. The van der Waals surface area contributed by atoms with Crippen LogP contribution in [-0.4, -0.2) is 18.7 Å². The van der Waals surface area contributed by atoms with Crippen LogP contribution in [0.3, 0.4) is 0 Å². The van der Waals surface area contributed by atoms with Crippen molar-refractivity contribution in [1.82, 2.24) is 0 Å². The zero-order valence-corrected chi connectivity index (χ0v) is 24.0. The van der Waals surface area contributed by atoms with Gasteiger partial charge in [-0.3, -0.25) is 0 Å². The minimum Gasteiger partial charge on any atom is -0.494 e. The van der Waals surface area contributed by atoms with E-state index in [1.165, 1.54) is 120 Å². The molecule has 0 fully saturated rings. The minimum atomic E-state index is 0.0320. The highest BCUT2D eigenvalue weighted by atomic mass is 16.5. The van der Waals surface area contributed by atoms with Crippen LogP contribution < -0.4 is 15.8 Å². The molecule has 1 aliphatic heterocycles. The predicted octanol–water partition coefficient (Wildman–Crippen LogP) is 9.90. The number of ether oxygens (including phenoxy) is 1. The quantitative estimate of drug-likeness (QED) is 0.203. The topological polar surface area (TPSA) is 47.3 Å². The van der Waals surface area contributed by atoms with Gasteiger partial charge in [-0.2, -0.15) is 0 Å². The number of hydrogen-bond acceptors (Lipinski definition) is 3. The van der Waals surface area contributed by atoms with E-state index in [4.69, 9.17) is 10.5 Å².